The number of carboxylic acid groups (broad SMARTS) is 2. The number of aliphatic carboxylic acids is 2. The highest BCUT2D eigenvalue weighted by Crippen LogP contribution is 2.26. The number of ether oxygens (including phenoxy) is 3. The molecule has 0 aliphatic heterocycles. The molecule has 0 unspecified atom stereocenters. The first-order valence-corrected chi connectivity index (χ1v) is 18.7. The number of carbonyl (C=O) groups excluding carboxylic acids is 4. The van der Waals surface area contributed by atoms with Crippen molar-refractivity contribution in [2.45, 2.75) is 136 Å². The Kier molecular flexibility index (Phi) is 22.2. The van der Waals surface area contributed by atoms with Crippen LogP contribution in [0.1, 0.15) is 124 Å². The van der Waals surface area contributed by atoms with E-state index in [-0.39, 0.29) is 18.8 Å². The van der Waals surface area contributed by atoms with Crippen LogP contribution in [0, 0.1) is 23.2 Å². The molecule has 1 aromatic rings. The number of allylic oxidation sites excluding steroid dienone is 1. The van der Waals surface area contributed by atoms with Crippen molar-refractivity contribution in [3.8, 4) is 17.6 Å². The zero-order chi connectivity index (χ0) is 40.6. The van der Waals surface area contributed by atoms with E-state index in [0.717, 1.165) is 51.0 Å². The molecule has 1 amide bonds. The number of aliphatic hydroxyl groups is 1. The molecule has 0 saturated heterocycles. The second-order valence-corrected chi connectivity index (χ2v) is 14.2. The summed E-state index contributed by atoms with van der Waals surface area (Å²) in [4.78, 5) is 75.3. The summed E-state index contributed by atoms with van der Waals surface area (Å²) in [5.74, 6) is -2.12. The molecule has 13 nitrogen and oxygen atoms in total. The molecule has 0 heterocycles. The number of hydrogen-bond donors (Lipinski definition) is 4. The van der Waals surface area contributed by atoms with E-state index in [2.05, 4.69) is 24.1 Å². The van der Waals surface area contributed by atoms with Crippen molar-refractivity contribution in [3.63, 3.8) is 0 Å². The van der Waals surface area contributed by atoms with E-state index in [0.29, 0.717) is 37.0 Å². The molecule has 54 heavy (non-hydrogen) atoms. The molecule has 1 rings (SSSR count). The smallest absolute Gasteiger partial charge is 0.337 e. The van der Waals surface area contributed by atoms with Gasteiger partial charge in [-0.15, -0.1) is 5.92 Å². The molecular formula is C41H59NO12. The highest BCUT2D eigenvalue weighted by Gasteiger charge is 2.49. The van der Waals surface area contributed by atoms with E-state index >= 15 is 0 Å². The first-order chi connectivity index (χ1) is 25.5. The van der Waals surface area contributed by atoms with Gasteiger partial charge in [-0.25, -0.2) is 9.59 Å². The molecule has 0 fully saturated rings. The van der Waals surface area contributed by atoms with Crippen molar-refractivity contribution in [2.24, 2.45) is 11.3 Å². The molecule has 13 heteroatoms. The van der Waals surface area contributed by atoms with Gasteiger partial charge in [0.2, 0.25) is 12.7 Å². The van der Waals surface area contributed by atoms with Crippen molar-refractivity contribution in [1.82, 2.24) is 5.32 Å². The van der Waals surface area contributed by atoms with Gasteiger partial charge in [-0.3, -0.25) is 19.2 Å². The summed E-state index contributed by atoms with van der Waals surface area (Å²) in [6, 6.07) is 5.02. The van der Waals surface area contributed by atoms with E-state index in [1.54, 1.807) is 52.0 Å². The van der Waals surface area contributed by atoms with Crippen LogP contribution in [0.15, 0.2) is 36.4 Å². The van der Waals surface area contributed by atoms with E-state index in [1.807, 2.05) is 0 Å². The standard InChI is InChI=1S/C41H59NO12/c1-6-8-10-13-16-19-31(43)20-17-14-11-12-15-18-21-33(41(51,38(48)49)28-35(44)45)36(46)42-34(37(47)53-29-54-39(50)40(3,4)5)27-30-22-24-32(25-23-30)52-26-9-7-2/h18,21-25,33-34,51H,6,8,10-17,19-20,26-29H2,1-5H3,(H,42,46)(H,44,45)(H,48,49)/b21-18+/t33-,34+,41+/m1/s1. The van der Waals surface area contributed by atoms with Gasteiger partial charge in [-0.2, -0.15) is 0 Å². The largest absolute Gasteiger partial charge is 0.481 e. The minimum absolute atomic E-state index is 0.159. The lowest BCUT2D eigenvalue weighted by molar-refractivity contribution is -0.176. The number of Topliss-reactive ketones (excluding diaryl/α,β-unsaturated/α-hetero) is 1. The zero-order valence-corrected chi connectivity index (χ0v) is 32.4. The highest BCUT2D eigenvalue weighted by molar-refractivity contribution is 5.95. The number of rotatable bonds is 27. The van der Waals surface area contributed by atoms with Crippen LogP contribution < -0.4 is 10.1 Å². The maximum absolute atomic E-state index is 13.8. The summed E-state index contributed by atoms with van der Waals surface area (Å²) in [7, 11) is 0. The van der Waals surface area contributed by atoms with Crippen molar-refractivity contribution >= 4 is 35.6 Å². The third-order valence-electron chi connectivity index (χ3n) is 8.51. The van der Waals surface area contributed by atoms with Gasteiger partial charge in [0.15, 0.2) is 5.60 Å². The normalized spacial score (nSPS) is 13.4. The van der Waals surface area contributed by atoms with Crippen LogP contribution in [-0.2, 0) is 44.7 Å². The van der Waals surface area contributed by atoms with Gasteiger partial charge in [0, 0.05) is 19.3 Å². The van der Waals surface area contributed by atoms with Gasteiger partial charge in [-0.05, 0) is 71.1 Å². The van der Waals surface area contributed by atoms with Crippen LogP contribution in [0.25, 0.3) is 0 Å². The average Bonchev–Trinajstić information content (AvgIpc) is 3.10. The highest BCUT2D eigenvalue weighted by atomic mass is 16.7. The Morgan fingerprint density at radius 1 is 0.870 bits per heavy atom. The van der Waals surface area contributed by atoms with Gasteiger partial charge >= 0.3 is 23.9 Å². The molecule has 0 radical (unpaired) electrons. The number of carbonyl (C=O) groups is 6. The number of esters is 2. The molecule has 3 atom stereocenters. The lowest BCUT2D eigenvalue weighted by atomic mass is 9.82. The monoisotopic (exact) mass is 757 g/mol. The second kappa shape index (κ2) is 25.3. The number of carboxylic acids is 2. The lowest BCUT2D eigenvalue weighted by Gasteiger charge is -2.30. The Hall–Kier alpha value is -4.70. The number of benzene rings is 1. The van der Waals surface area contributed by atoms with Gasteiger partial charge in [0.05, 0.1) is 17.8 Å². The number of ketones is 1. The fourth-order valence-electron chi connectivity index (χ4n) is 5.30. The van der Waals surface area contributed by atoms with E-state index in [4.69, 9.17) is 14.2 Å². The zero-order valence-electron chi connectivity index (χ0n) is 32.4. The SMILES string of the molecule is CC#CCOc1ccc(C[C@H](NC(=O)[C@@H](/C=C/CCCCCCC(=O)CCCCCCC)[C@@](O)(CC(=O)O)C(=O)O)C(=O)OCOC(=O)C(C)(C)C)cc1. The summed E-state index contributed by atoms with van der Waals surface area (Å²) in [5.41, 5.74) is -3.43. The topological polar surface area (TPSA) is 203 Å². The predicted molar refractivity (Wildman–Crippen MR) is 201 cm³/mol. The molecule has 0 aromatic heterocycles. The summed E-state index contributed by atoms with van der Waals surface area (Å²) in [6.07, 6.45) is 11.0. The van der Waals surface area contributed by atoms with Crippen molar-refractivity contribution in [2.75, 3.05) is 13.4 Å². The predicted octanol–water partition coefficient (Wildman–Crippen LogP) is 5.94. The minimum Gasteiger partial charge on any atom is -0.481 e. The first-order valence-electron chi connectivity index (χ1n) is 18.7. The number of unbranched alkanes of at least 4 members (excludes halogenated alkanes) is 8. The fraction of sp³-hybridized carbons (Fsp3) is 0.610. The van der Waals surface area contributed by atoms with Gasteiger partial charge in [0.25, 0.3) is 0 Å². The number of amides is 1. The molecule has 0 bridgehead atoms. The van der Waals surface area contributed by atoms with Gasteiger partial charge in [0.1, 0.15) is 24.2 Å². The van der Waals surface area contributed by atoms with Crippen LogP contribution in [0.5, 0.6) is 5.75 Å². The van der Waals surface area contributed by atoms with E-state index in [9.17, 15) is 44.1 Å². The Balaban J connectivity index is 3.11. The summed E-state index contributed by atoms with van der Waals surface area (Å²) in [6.45, 7) is 8.04. The molecule has 0 aliphatic carbocycles. The maximum Gasteiger partial charge on any atom is 0.337 e. The lowest BCUT2D eigenvalue weighted by Crippen LogP contribution is -2.55. The third kappa shape index (κ3) is 18.9. The third-order valence-corrected chi connectivity index (χ3v) is 8.51. The fourth-order valence-corrected chi connectivity index (χ4v) is 5.30. The molecule has 0 spiro atoms. The van der Waals surface area contributed by atoms with Gasteiger partial charge in [-0.1, -0.05) is 75.7 Å². The van der Waals surface area contributed by atoms with Crippen LogP contribution in [0.2, 0.25) is 0 Å². The van der Waals surface area contributed by atoms with Crippen molar-refractivity contribution in [3.05, 3.63) is 42.0 Å². The van der Waals surface area contributed by atoms with Crippen LogP contribution in [0.4, 0.5) is 0 Å². The molecule has 1 aromatic carbocycles. The summed E-state index contributed by atoms with van der Waals surface area (Å²) in [5, 5.41) is 33.0. The van der Waals surface area contributed by atoms with Crippen LogP contribution >= 0.6 is 0 Å². The molecule has 0 saturated carbocycles. The average molecular weight is 758 g/mol. The van der Waals surface area contributed by atoms with Gasteiger partial charge < -0.3 is 34.8 Å². The van der Waals surface area contributed by atoms with E-state index in [1.165, 1.54) is 12.5 Å². The van der Waals surface area contributed by atoms with Crippen molar-refractivity contribution in [1.29, 1.82) is 0 Å². The first kappa shape index (κ1) is 47.3. The maximum atomic E-state index is 13.8. The number of nitrogens with one attached hydrogen (secondary N) is 1. The Morgan fingerprint density at radius 3 is 2.04 bits per heavy atom. The van der Waals surface area contributed by atoms with Crippen LogP contribution in [-0.4, -0.2) is 75.9 Å². The Labute approximate surface area is 319 Å². The molecular weight excluding hydrogens is 698 g/mol. The van der Waals surface area contributed by atoms with E-state index < -0.39 is 66.0 Å². The Bertz CT molecular complexity index is 1450. The van der Waals surface area contributed by atoms with Crippen LogP contribution in [0.3, 0.4) is 0 Å². The summed E-state index contributed by atoms with van der Waals surface area (Å²) >= 11 is 0. The second-order valence-electron chi connectivity index (χ2n) is 14.2. The Morgan fingerprint density at radius 2 is 1.48 bits per heavy atom. The van der Waals surface area contributed by atoms with Crippen molar-refractivity contribution < 1.29 is 58.3 Å². The molecule has 4 N–H and O–H groups in total. The molecule has 300 valence electrons. The number of hydrogen-bond acceptors (Lipinski definition) is 10. The quantitative estimate of drug-likeness (QED) is 0.0271. The minimum atomic E-state index is -3.07. The summed E-state index contributed by atoms with van der Waals surface area (Å²) < 4.78 is 15.7. The molecule has 0 aliphatic rings.